The normalized spacial score (nSPS) is 12.8. The van der Waals surface area contributed by atoms with Gasteiger partial charge in [0.2, 0.25) is 0 Å². The molecule has 0 aromatic rings. The SMILES string of the molecule is CCO[Si](CCCN(CCC(=O)OC(C)(C)C)CCC(=O)OC(C)(C)C)(OCC)OCC. The molecule has 0 aromatic heterocycles. The molecular formula is C23H47NO7Si. The first-order chi connectivity index (χ1) is 14.8. The first kappa shape index (κ1) is 31.0. The maximum atomic E-state index is 12.2. The van der Waals surface area contributed by atoms with Crippen molar-refractivity contribution in [2.24, 2.45) is 0 Å². The summed E-state index contributed by atoms with van der Waals surface area (Å²) in [6.45, 7) is 20.2. The molecule has 0 spiro atoms. The lowest BCUT2D eigenvalue weighted by molar-refractivity contribution is -0.155. The molecule has 0 saturated carbocycles. The zero-order valence-electron chi connectivity index (χ0n) is 21.9. The second-order valence-electron chi connectivity index (χ2n) is 9.60. The van der Waals surface area contributed by atoms with Crippen molar-refractivity contribution in [3.05, 3.63) is 0 Å². The Balaban J connectivity index is 5.00. The van der Waals surface area contributed by atoms with Crippen LogP contribution < -0.4 is 0 Å². The van der Waals surface area contributed by atoms with Crippen molar-refractivity contribution in [3.8, 4) is 0 Å². The number of hydrogen-bond acceptors (Lipinski definition) is 8. The van der Waals surface area contributed by atoms with Crippen molar-refractivity contribution in [1.29, 1.82) is 0 Å². The predicted octanol–water partition coefficient (Wildman–Crippen LogP) is 4.19. The van der Waals surface area contributed by atoms with E-state index in [1.54, 1.807) is 0 Å². The molecule has 0 unspecified atom stereocenters. The van der Waals surface area contributed by atoms with Crippen molar-refractivity contribution in [3.63, 3.8) is 0 Å². The smallest absolute Gasteiger partial charge is 0.460 e. The first-order valence-corrected chi connectivity index (χ1v) is 13.8. The Bertz CT molecular complexity index is 494. The first-order valence-electron chi connectivity index (χ1n) is 11.8. The van der Waals surface area contributed by atoms with E-state index < -0.39 is 20.0 Å². The van der Waals surface area contributed by atoms with Gasteiger partial charge in [0.1, 0.15) is 11.2 Å². The lowest BCUT2D eigenvalue weighted by atomic mass is 10.2. The van der Waals surface area contributed by atoms with Gasteiger partial charge in [0.05, 0.1) is 12.8 Å². The molecule has 8 nitrogen and oxygen atoms in total. The maximum absolute atomic E-state index is 12.2. The van der Waals surface area contributed by atoms with E-state index in [2.05, 4.69) is 4.90 Å². The molecule has 0 aromatic carbocycles. The molecule has 32 heavy (non-hydrogen) atoms. The lowest BCUT2D eigenvalue weighted by Gasteiger charge is -2.30. The Kier molecular flexibility index (Phi) is 14.5. The number of carbonyl (C=O) groups is 2. The van der Waals surface area contributed by atoms with Crippen LogP contribution in [0.1, 0.15) is 81.6 Å². The minimum Gasteiger partial charge on any atom is -0.460 e. The van der Waals surface area contributed by atoms with E-state index in [4.69, 9.17) is 22.8 Å². The summed E-state index contributed by atoms with van der Waals surface area (Å²) in [5.41, 5.74) is -1.04. The van der Waals surface area contributed by atoms with Crippen LogP contribution in [0.15, 0.2) is 0 Å². The van der Waals surface area contributed by atoms with Crippen molar-refractivity contribution < 1.29 is 32.3 Å². The summed E-state index contributed by atoms with van der Waals surface area (Å²) >= 11 is 0. The molecule has 0 atom stereocenters. The van der Waals surface area contributed by atoms with E-state index in [0.29, 0.717) is 45.5 Å². The van der Waals surface area contributed by atoms with E-state index in [0.717, 1.165) is 6.42 Å². The summed E-state index contributed by atoms with van der Waals surface area (Å²) in [6.07, 6.45) is 1.29. The number of carbonyl (C=O) groups excluding carboxylic acids is 2. The van der Waals surface area contributed by atoms with Gasteiger partial charge in [-0.15, -0.1) is 0 Å². The fraction of sp³-hybridized carbons (Fsp3) is 0.913. The van der Waals surface area contributed by atoms with Crippen LogP contribution in [-0.2, 0) is 32.3 Å². The van der Waals surface area contributed by atoms with Crippen LogP contribution in [0.4, 0.5) is 0 Å². The Labute approximate surface area is 196 Å². The molecule has 0 N–H and O–H groups in total. The molecule has 0 bridgehead atoms. The maximum Gasteiger partial charge on any atom is 0.500 e. The summed E-state index contributed by atoms with van der Waals surface area (Å²) in [7, 11) is -2.73. The zero-order chi connectivity index (χ0) is 24.8. The summed E-state index contributed by atoms with van der Waals surface area (Å²) in [5, 5.41) is 0. The Hall–Kier alpha value is -1.00. The van der Waals surface area contributed by atoms with Gasteiger partial charge in [-0.2, -0.15) is 0 Å². The molecule has 190 valence electrons. The van der Waals surface area contributed by atoms with Gasteiger partial charge in [-0.3, -0.25) is 9.59 Å². The highest BCUT2D eigenvalue weighted by atomic mass is 28.4. The largest absolute Gasteiger partial charge is 0.500 e. The third-order valence-corrected chi connectivity index (χ3v) is 7.31. The minimum absolute atomic E-state index is 0.249. The van der Waals surface area contributed by atoms with E-state index in [1.165, 1.54) is 0 Å². The fourth-order valence-corrected chi connectivity index (χ4v) is 5.73. The van der Waals surface area contributed by atoms with Crippen LogP contribution in [0.2, 0.25) is 6.04 Å². The molecule has 0 amide bonds. The van der Waals surface area contributed by atoms with Crippen LogP contribution in [0.5, 0.6) is 0 Å². The number of esters is 2. The molecular weight excluding hydrogens is 430 g/mol. The highest BCUT2D eigenvalue weighted by Gasteiger charge is 2.39. The summed E-state index contributed by atoms with van der Waals surface area (Å²) in [4.78, 5) is 26.5. The van der Waals surface area contributed by atoms with Crippen molar-refractivity contribution >= 4 is 20.7 Å². The number of ether oxygens (including phenoxy) is 2. The highest BCUT2D eigenvalue weighted by Crippen LogP contribution is 2.19. The monoisotopic (exact) mass is 477 g/mol. The second kappa shape index (κ2) is 15.0. The quantitative estimate of drug-likeness (QED) is 0.242. The van der Waals surface area contributed by atoms with Gasteiger partial charge in [-0.25, -0.2) is 0 Å². The van der Waals surface area contributed by atoms with Crippen LogP contribution in [-0.4, -0.2) is 76.3 Å². The van der Waals surface area contributed by atoms with Crippen molar-refractivity contribution in [1.82, 2.24) is 4.90 Å². The van der Waals surface area contributed by atoms with E-state index in [9.17, 15) is 9.59 Å². The zero-order valence-corrected chi connectivity index (χ0v) is 22.9. The minimum atomic E-state index is -2.73. The summed E-state index contributed by atoms with van der Waals surface area (Å²) in [5.74, 6) is -0.497. The third kappa shape index (κ3) is 15.7. The molecule has 0 saturated heterocycles. The van der Waals surface area contributed by atoms with Gasteiger partial charge in [-0.1, -0.05) is 0 Å². The molecule has 0 radical (unpaired) electrons. The van der Waals surface area contributed by atoms with Gasteiger partial charge >= 0.3 is 20.7 Å². The Morgan fingerprint density at radius 3 is 1.38 bits per heavy atom. The standard InChI is InChI=1S/C23H47NO7Si/c1-10-27-32(28-11-2,29-12-3)19-13-16-24(17-14-20(25)30-22(4,5)6)18-15-21(26)31-23(7,8)9/h10-19H2,1-9H3. The predicted molar refractivity (Wildman–Crippen MR) is 127 cm³/mol. The molecule has 0 aliphatic heterocycles. The number of hydrogen-bond donors (Lipinski definition) is 0. The van der Waals surface area contributed by atoms with Gasteiger partial charge in [0.25, 0.3) is 0 Å². The highest BCUT2D eigenvalue weighted by molar-refractivity contribution is 6.60. The van der Waals surface area contributed by atoms with Crippen LogP contribution in [0.25, 0.3) is 0 Å². The third-order valence-electron chi connectivity index (χ3n) is 4.15. The molecule has 0 heterocycles. The molecule has 0 rings (SSSR count). The molecule has 0 fully saturated rings. The molecule has 9 heteroatoms. The Morgan fingerprint density at radius 2 is 1.06 bits per heavy atom. The van der Waals surface area contributed by atoms with E-state index >= 15 is 0 Å². The van der Waals surface area contributed by atoms with E-state index in [1.807, 2.05) is 62.3 Å². The van der Waals surface area contributed by atoms with Gasteiger partial charge in [-0.05, 0) is 75.3 Å². The average molecular weight is 478 g/mol. The summed E-state index contributed by atoms with van der Waals surface area (Å²) < 4.78 is 28.6. The van der Waals surface area contributed by atoms with Crippen LogP contribution in [0, 0.1) is 0 Å². The van der Waals surface area contributed by atoms with Crippen molar-refractivity contribution in [2.45, 2.75) is 98.8 Å². The van der Waals surface area contributed by atoms with Gasteiger partial charge < -0.3 is 27.7 Å². The van der Waals surface area contributed by atoms with Crippen LogP contribution >= 0.6 is 0 Å². The lowest BCUT2D eigenvalue weighted by Crippen LogP contribution is -2.46. The van der Waals surface area contributed by atoms with Crippen molar-refractivity contribution in [2.75, 3.05) is 39.5 Å². The average Bonchev–Trinajstić information content (AvgIpc) is 2.61. The molecule has 0 aliphatic carbocycles. The van der Waals surface area contributed by atoms with Gasteiger partial charge in [0, 0.05) is 39.0 Å². The number of nitrogens with zero attached hydrogens (tertiary/aromatic N) is 1. The molecule has 0 aliphatic rings. The number of rotatable bonds is 16. The topological polar surface area (TPSA) is 83.5 Å². The van der Waals surface area contributed by atoms with Gasteiger partial charge in [0.15, 0.2) is 0 Å². The summed E-state index contributed by atoms with van der Waals surface area (Å²) in [6, 6.07) is 0.678. The van der Waals surface area contributed by atoms with E-state index in [-0.39, 0.29) is 24.8 Å². The van der Waals surface area contributed by atoms with Crippen LogP contribution in [0.3, 0.4) is 0 Å². The second-order valence-corrected chi connectivity index (χ2v) is 12.3. The Morgan fingerprint density at radius 1 is 0.688 bits per heavy atom. The fourth-order valence-electron chi connectivity index (χ4n) is 3.14.